The van der Waals surface area contributed by atoms with Crippen LogP contribution in [-0.2, 0) is 9.53 Å². The van der Waals surface area contributed by atoms with Gasteiger partial charge >= 0.3 is 5.97 Å². The molecule has 1 aliphatic rings. The summed E-state index contributed by atoms with van der Waals surface area (Å²) in [5.74, 6) is 0.163. The number of hydrogen-bond donors (Lipinski definition) is 1. The molecular formula is C13H25NO3. The van der Waals surface area contributed by atoms with Crippen molar-refractivity contribution >= 4 is 5.97 Å². The van der Waals surface area contributed by atoms with E-state index in [2.05, 4.69) is 18.7 Å². The van der Waals surface area contributed by atoms with Gasteiger partial charge in [0.05, 0.1) is 13.2 Å². The Morgan fingerprint density at radius 1 is 1.59 bits per heavy atom. The quantitative estimate of drug-likeness (QED) is 0.742. The lowest BCUT2D eigenvalue weighted by molar-refractivity contribution is -0.149. The third-order valence-corrected chi connectivity index (χ3v) is 3.70. The van der Waals surface area contributed by atoms with Crippen LogP contribution in [0, 0.1) is 5.92 Å². The van der Waals surface area contributed by atoms with Crippen LogP contribution < -0.4 is 0 Å². The maximum absolute atomic E-state index is 11.8. The summed E-state index contributed by atoms with van der Waals surface area (Å²) in [6.07, 6.45) is 3.53. The van der Waals surface area contributed by atoms with Gasteiger partial charge in [-0.3, -0.25) is 9.69 Å². The predicted molar refractivity (Wildman–Crippen MR) is 66.7 cm³/mol. The largest absolute Gasteiger partial charge is 0.468 e. The van der Waals surface area contributed by atoms with Crippen LogP contribution in [0.1, 0.15) is 39.5 Å². The molecule has 0 aromatic carbocycles. The zero-order chi connectivity index (χ0) is 12.8. The van der Waals surface area contributed by atoms with E-state index >= 15 is 0 Å². The first-order valence-electron chi connectivity index (χ1n) is 6.60. The van der Waals surface area contributed by atoms with Crippen molar-refractivity contribution in [2.75, 3.05) is 20.2 Å². The molecule has 0 bridgehead atoms. The standard InChI is InChI=1S/C13H25NO3/c1-4-5-6-11(13(16)17-3)14-8-7-10(2)12(15)9-14/h10-12,15H,4-9H2,1-3H3. The van der Waals surface area contributed by atoms with Crippen LogP contribution in [0.25, 0.3) is 0 Å². The topological polar surface area (TPSA) is 49.8 Å². The van der Waals surface area contributed by atoms with Crippen LogP contribution in [0.4, 0.5) is 0 Å². The molecule has 4 nitrogen and oxygen atoms in total. The summed E-state index contributed by atoms with van der Waals surface area (Å²) in [6.45, 7) is 5.63. The molecule has 0 radical (unpaired) electrons. The first-order valence-corrected chi connectivity index (χ1v) is 6.60. The summed E-state index contributed by atoms with van der Waals surface area (Å²) in [5.41, 5.74) is 0. The fourth-order valence-corrected chi connectivity index (χ4v) is 2.34. The second-order valence-electron chi connectivity index (χ2n) is 5.01. The molecule has 4 heteroatoms. The molecule has 1 rings (SSSR count). The molecule has 3 unspecified atom stereocenters. The lowest BCUT2D eigenvalue weighted by Crippen LogP contribution is -2.51. The van der Waals surface area contributed by atoms with E-state index in [0.717, 1.165) is 32.2 Å². The number of carbonyl (C=O) groups excluding carboxylic acids is 1. The van der Waals surface area contributed by atoms with Crippen molar-refractivity contribution in [3.63, 3.8) is 0 Å². The van der Waals surface area contributed by atoms with E-state index in [1.165, 1.54) is 7.11 Å². The van der Waals surface area contributed by atoms with Gasteiger partial charge in [0.25, 0.3) is 0 Å². The van der Waals surface area contributed by atoms with E-state index < -0.39 is 0 Å². The first kappa shape index (κ1) is 14.5. The fourth-order valence-electron chi connectivity index (χ4n) is 2.34. The number of unbranched alkanes of at least 4 members (excludes halogenated alkanes) is 1. The highest BCUT2D eigenvalue weighted by atomic mass is 16.5. The lowest BCUT2D eigenvalue weighted by atomic mass is 9.94. The molecule has 0 aromatic heterocycles. The molecule has 100 valence electrons. The number of methoxy groups -OCH3 is 1. The molecular weight excluding hydrogens is 218 g/mol. The van der Waals surface area contributed by atoms with E-state index in [9.17, 15) is 9.90 Å². The predicted octanol–water partition coefficient (Wildman–Crippen LogP) is 1.42. The minimum Gasteiger partial charge on any atom is -0.468 e. The van der Waals surface area contributed by atoms with Gasteiger partial charge in [-0.1, -0.05) is 26.7 Å². The van der Waals surface area contributed by atoms with Gasteiger partial charge in [-0.15, -0.1) is 0 Å². The van der Waals surface area contributed by atoms with Gasteiger partial charge in [0, 0.05) is 6.54 Å². The van der Waals surface area contributed by atoms with E-state index in [-0.39, 0.29) is 18.1 Å². The van der Waals surface area contributed by atoms with Crippen LogP contribution >= 0.6 is 0 Å². The molecule has 1 aliphatic heterocycles. The summed E-state index contributed by atoms with van der Waals surface area (Å²) < 4.78 is 4.86. The highest BCUT2D eigenvalue weighted by molar-refractivity contribution is 5.75. The number of esters is 1. The lowest BCUT2D eigenvalue weighted by Gasteiger charge is -2.38. The van der Waals surface area contributed by atoms with Gasteiger partial charge < -0.3 is 9.84 Å². The molecule has 3 atom stereocenters. The number of nitrogens with zero attached hydrogens (tertiary/aromatic N) is 1. The highest BCUT2D eigenvalue weighted by Crippen LogP contribution is 2.21. The monoisotopic (exact) mass is 243 g/mol. The number of ether oxygens (including phenoxy) is 1. The third-order valence-electron chi connectivity index (χ3n) is 3.70. The number of aliphatic hydroxyl groups is 1. The number of rotatable bonds is 5. The smallest absolute Gasteiger partial charge is 0.323 e. The van der Waals surface area contributed by atoms with Crippen molar-refractivity contribution in [2.45, 2.75) is 51.7 Å². The van der Waals surface area contributed by atoms with Gasteiger partial charge in [-0.05, 0) is 25.3 Å². The summed E-state index contributed by atoms with van der Waals surface area (Å²) >= 11 is 0. The minimum absolute atomic E-state index is 0.166. The fraction of sp³-hybridized carbons (Fsp3) is 0.923. The normalized spacial score (nSPS) is 27.8. The van der Waals surface area contributed by atoms with Gasteiger partial charge in [0.15, 0.2) is 0 Å². The number of β-amino-alcohol motifs (C(OH)–C–C–N with tert-alkyl or cyclic N) is 1. The molecule has 1 fully saturated rings. The van der Waals surface area contributed by atoms with E-state index in [1.54, 1.807) is 0 Å². The number of aliphatic hydroxyl groups excluding tert-OH is 1. The molecule has 1 heterocycles. The second kappa shape index (κ2) is 6.97. The Balaban J connectivity index is 2.59. The Hall–Kier alpha value is -0.610. The van der Waals surface area contributed by atoms with Crippen molar-refractivity contribution in [3.05, 3.63) is 0 Å². The average Bonchev–Trinajstić information content (AvgIpc) is 2.33. The number of likely N-dealkylation sites (tertiary alicyclic amines) is 1. The van der Waals surface area contributed by atoms with Gasteiger partial charge in [0.1, 0.15) is 6.04 Å². The van der Waals surface area contributed by atoms with Gasteiger partial charge in [-0.25, -0.2) is 0 Å². The number of piperidine rings is 1. The van der Waals surface area contributed by atoms with Crippen molar-refractivity contribution in [2.24, 2.45) is 5.92 Å². The minimum atomic E-state index is -0.322. The van der Waals surface area contributed by atoms with Crippen molar-refractivity contribution in [3.8, 4) is 0 Å². The zero-order valence-corrected chi connectivity index (χ0v) is 11.2. The number of hydrogen-bond acceptors (Lipinski definition) is 4. The Kier molecular flexibility index (Phi) is 5.92. The molecule has 1 N–H and O–H groups in total. The molecule has 0 aliphatic carbocycles. The van der Waals surface area contributed by atoms with E-state index in [4.69, 9.17) is 4.74 Å². The van der Waals surface area contributed by atoms with Crippen LogP contribution in [0.3, 0.4) is 0 Å². The van der Waals surface area contributed by atoms with E-state index in [0.29, 0.717) is 12.5 Å². The Bertz CT molecular complexity index is 245. The first-order chi connectivity index (χ1) is 8.10. The third kappa shape index (κ3) is 3.96. The molecule has 0 amide bonds. The highest BCUT2D eigenvalue weighted by Gasteiger charge is 2.32. The molecule has 0 aromatic rings. The molecule has 1 saturated heterocycles. The Morgan fingerprint density at radius 3 is 2.82 bits per heavy atom. The zero-order valence-electron chi connectivity index (χ0n) is 11.2. The maximum Gasteiger partial charge on any atom is 0.323 e. The molecule has 0 saturated carbocycles. The van der Waals surface area contributed by atoms with Crippen molar-refractivity contribution in [1.82, 2.24) is 4.90 Å². The summed E-state index contributed by atoms with van der Waals surface area (Å²) in [7, 11) is 1.43. The van der Waals surface area contributed by atoms with Gasteiger partial charge in [-0.2, -0.15) is 0 Å². The molecule has 17 heavy (non-hydrogen) atoms. The average molecular weight is 243 g/mol. The van der Waals surface area contributed by atoms with E-state index in [1.807, 2.05) is 0 Å². The Morgan fingerprint density at radius 2 is 2.29 bits per heavy atom. The van der Waals surface area contributed by atoms with Crippen LogP contribution in [-0.4, -0.2) is 48.3 Å². The van der Waals surface area contributed by atoms with Gasteiger partial charge in [0.2, 0.25) is 0 Å². The Labute approximate surface area is 104 Å². The van der Waals surface area contributed by atoms with Crippen molar-refractivity contribution < 1.29 is 14.6 Å². The number of carbonyl (C=O) groups is 1. The van der Waals surface area contributed by atoms with Crippen LogP contribution in [0.15, 0.2) is 0 Å². The summed E-state index contributed by atoms with van der Waals surface area (Å²) in [5, 5.41) is 9.88. The second-order valence-corrected chi connectivity index (χ2v) is 5.01. The van der Waals surface area contributed by atoms with Crippen molar-refractivity contribution in [1.29, 1.82) is 0 Å². The summed E-state index contributed by atoms with van der Waals surface area (Å²) in [4.78, 5) is 13.8. The maximum atomic E-state index is 11.8. The molecule has 0 spiro atoms. The van der Waals surface area contributed by atoms with Crippen LogP contribution in [0.2, 0.25) is 0 Å². The SMILES string of the molecule is CCCCC(C(=O)OC)N1CCC(C)C(O)C1. The van der Waals surface area contributed by atoms with Crippen LogP contribution in [0.5, 0.6) is 0 Å². The summed E-state index contributed by atoms with van der Waals surface area (Å²) in [6, 6.07) is -0.179.